The first kappa shape index (κ1) is 10.9. The second kappa shape index (κ2) is 8.02. The topological polar surface area (TPSA) is 12.5 Å². The molecule has 0 aromatic rings. The molecule has 0 aliphatic heterocycles. The van der Waals surface area contributed by atoms with Crippen molar-refractivity contribution in [2.24, 2.45) is 0 Å². The highest BCUT2D eigenvalue weighted by molar-refractivity contribution is 4.44. The first-order valence-corrected chi connectivity index (χ1v) is 4.50. The molecule has 0 aromatic heterocycles. The Morgan fingerprint density at radius 1 is 1.09 bits per heavy atom. The van der Waals surface area contributed by atoms with Crippen molar-refractivity contribution >= 4 is 0 Å². The van der Waals surface area contributed by atoms with Crippen molar-refractivity contribution in [2.45, 2.75) is 26.2 Å². The lowest BCUT2D eigenvalue weighted by atomic mass is 10.3. The van der Waals surface area contributed by atoms with E-state index in [1.54, 1.807) is 0 Å². The first-order chi connectivity index (χ1) is 5.27. The molecule has 0 amide bonds. The van der Waals surface area contributed by atoms with Crippen LogP contribution in [0, 0.1) is 0 Å². The molecule has 0 aromatic carbocycles. The van der Waals surface area contributed by atoms with E-state index in [-0.39, 0.29) is 0 Å². The Morgan fingerprint density at radius 2 is 1.82 bits per heavy atom. The van der Waals surface area contributed by atoms with E-state index in [1.807, 2.05) is 0 Å². The highest BCUT2D eigenvalue weighted by atomic mass is 16.5. The summed E-state index contributed by atoms with van der Waals surface area (Å²) in [5, 5.41) is 0. The number of hydrogen-bond acceptors (Lipinski definition) is 2. The van der Waals surface area contributed by atoms with Gasteiger partial charge in [-0.1, -0.05) is 6.92 Å². The lowest BCUT2D eigenvalue weighted by Crippen LogP contribution is -2.13. The van der Waals surface area contributed by atoms with Crippen LogP contribution in [0.5, 0.6) is 0 Å². The summed E-state index contributed by atoms with van der Waals surface area (Å²) >= 11 is 0. The third-order valence-corrected chi connectivity index (χ3v) is 1.49. The number of rotatable bonds is 7. The average molecular weight is 159 g/mol. The van der Waals surface area contributed by atoms with Crippen LogP contribution in [0.4, 0.5) is 0 Å². The highest BCUT2D eigenvalue weighted by Crippen LogP contribution is 1.92. The Bertz CT molecular complexity index is 74.0. The van der Waals surface area contributed by atoms with Crippen molar-refractivity contribution in [3.63, 3.8) is 0 Å². The van der Waals surface area contributed by atoms with Gasteiger partial charge in [-0.2, -0.15) is 0 Å². The first-order valence-electron chi connectivity index (χ1n) is 4.50. The largest absolute Gasteiger partial charge is 0.381 e. The van der Waals surface area contributed by atoms with E-state index >= 15 is 0 Å². The van der Waals surface area contributed by atoms with Gasteiger partial charge < -0.3 is 9.64 Å². The molecular formula is C9H21NO. The molecule has 2 nitrogen and oxygen atoms in total. The molecular weight excluding hydrogens is 138 g/mol. The van der Waals surface area contributed by atoms with Crippen molar-refractivity contribution in [2.75, 3.05) is 33.9 Å². The number of ether oxygens (including phenoxy) is 1. The summed E-state index contributed by atoms with van der Waals surface area (Å²) in [5.74, 6) is 0. The minimum Gasteiger partial charge on any atom is -0.381 e. The third-order valence-electron chi connectivity index (χ3n) is 1.49. The Hall–Kier alpha value is -0.0800. The zero-order valence-corrected chi connectivity index (χ0v) is 8.10. The van der Waals surface area contributed by atoms with Crippen molar-refractivity contribution in [1.29, 1.82) is 0 Å². The fourth-order valence-electron chi connectivity index (χ4n) is 0.879. The molecule has 0 radical (unpaired) electrons. The van der Waals surface area contributed by atoms with E-state index in [1.165, 1.54) is 19.4 Å². The SMILES string of the molecule is CCCOCCCCN(C)C. The highest BCUT2D eigenvalue weighted by Gasteiger charge is 1.90. The minimum atomic E-state index is 0.919. The van der Waals surface area contributed by atoms with E-state index in [0.29, 0.717) is 0 Å². The van der Waals surface area contributed by atoms with E-state index in [9.17, 15) is 0 Å². The Morgan fingerprint density at radius 3 is 2.36 bits per heavy atom. The monoisotopic (exact) mass is 159 g/mol. The summed E-state index contributed by atoms with van der Waals surface area (Å²) in [5.41, 5.74) is 0. The van der Waals surface area contributed by atoms with Gasteiger partial charge in [-0.15, -0.1) is 0 Å². The summed E-state index contributed by atoms with van der Waals surface area (Å²) in [4.78, 5) is 2.21. The summed E-state index contributed by atoms with van der Waals surface area (Å²) in [6, 6.07) is 0. The molecule has 11 heavy (non-hydrogen) atoms. The van der Waals surface area contributed by atoms with Crippen LogP contribution in [0.1, 0.15) is 26.2 Å². The zero-order valence-electron chi connectivity index (χ0n) is 8.10. The molecule has 0 saturated carbocycles. The summed E-state index contributed by atoms with van der Waals surface area (Å²) in [6.07, 6.45) is 3.57. The van der Waals surface area contributed by atoms with Crippen molar-refractivity contribution in [1.82, 2.24) is 4.90 Å². The van der Waals surface area contributed by atoms with Gasteiger partial charge in [-0.3, -0.25) is 0 Å². The van der Waals surface area contributed by atoms with Crippen LogP contribution in [0.3, 0.4) is 0 Å². The maximum Gasteiger partial charge on any atom is 0.0466 e. The smallest absolute Gasteiger partial charge is 0.0466 e. The fourth-order valence-corrected chi connectivity index (χ4v) is 0.879. The maximum absolute atomic E-state index is 5.35. The molecule has 2 heteroatoms. The molecule has 0 bridgehead atoms. The Balaban J connectivity index is 2.80. The van der Waals surface area contributed by atoms with Crippen LogP contribution >= 0.6 is 0 Å². The molecule has 0 atom stereocenters. The van der Waals surface area contributed by atoms with Gasteiger partial charge in [-0.05, 0) is 39.9 Å². The summed E-state index contributed by atoms with van der Waals surface area (Å²) in [7, 11) is 4.21. The van der Waals surface area contributed by atoms with Gasteiger partial charge in [0.25, 0.3) is 0 Å². The van der Waals surface area contributed by atoms with Crippen LogP contribution in [0.2, 0.25) is 0 Å². The van der Waals surface area contributed by atoms with Gasteiger partial charge in [0.1, 0.15) is 0 Å². The number of unbranched alkanes of at least 4 members (excludes halogenated alkanes) is 1. The standard InChI is InChI=1S/C9H21NO/c1-4-8-11-9-6-5-7-10(2)3/h4-9H2,1-3H3. The maximum atomic E-state index is 5.35. The van der Waals surface area contributed by atoms with Gasteiger partial charge in [-0.25, -0.2) is 0 Å². The van der Waals surface area contributed by atoms with Crippen molar-refractivity contribution in [3.05, 3.63) is 0 Å². The molecule has 0 fully saturated rings. The van der Waals surface area contributed by atoms with E-state index in [0.717, 1.165) is 19.6 Å². The minimum absolute atomic E-state index is 0.919. The summed E-state index contributed by atoms with van der Waals surface area (Å²) < 4.78 is 5.35. The molecule has 0 spiro atoms. The molecule has 0 N–H and O–H groups in total. The predicted octanol–water partition coefficient (Wildman–Crippen LogP) is 1.75. The van der Waals surface area contributed by atoms with Gasteiger partial charge in [0, 0.05) is 13.2 Å². The van der Waals surface area contributed by atoms with E-state index in [2.05, 4.69) is 25.9 Å². The van der Waals surface area contributed by atoms with Crippen molar-refractivity contribution in [3.8, 4) is 0 Å². The summed E-state index contributed by atoms with van der Waals surface area (Å²) in [6.45, 7) is 5.17. The number of hydrogen-bond donors (Lipinski definition) is 0. The lowest BCUT2D eigenvalue weighted by Gasteiger charge is -2.08. The van der Waals surface area contributed by atoms with Crippen molar-refractivity contribution < 1.29 is 4.74 Å². The van der Waals surface area contributed by atoms with Crippen LogP contribution in [0.15, 0.2) is 0 Å². The molecule has 0 heterocycles. The molecule has 0 aliphatic carbocycles. The van der Waals surface area contributed by atoms with Gasteiger partial charge in [0.15, 0.2) is 0 Å². The molecule has 0 rings (SSSR count). The van der Waals surface area contributed by atoms with Crippen LogP contribution < -0.4 is 0 Å². The third kappa shape index (κ3) is 9.92. The lowest BCUT2D eigenvalue weighted by molar-refractivity contribution is 0.129. The number of nitrogens with zero attached hydrogens (tertiary/aromatic N) is 1. The van der Waals surface area contributed by atoms with Crippen LogP contribution in [-0.4, -0.2) is 38.8 Å². The average Bonchev–Trinajstić information content (AvgIpc) is 1.96. The molecule has 0 aliphatic rings. The molecule has 0 saturated heterocycles. The van der Waals surface area contributed by atoms with Crippen LogP contribution in [0.25, 0.3) is 0 Å². The van der Waals surface area contributed by atoms with Gasteiger partial charge in [0.05, 0.1) is 0 Å². The van der Waals surface area contributed by atoms with E-state index < -0.39 is 0 Å². The Kier molecular flexibility index (Phi) is 7.96. The van der Waals surface area contributed by atoms with Gasteiger partial charge in [0.2, 0.25) is 0 Å². The fraction of sp³-hybridized carbons (Fsp3) is 1.00. The quantitative estimate of drug-likeness (QED) is 0.525. The van der Waals surface area contributed by atoms with Gasteiger partial charge >= 0.3 is 0 Å². The zero-order chi connectivity index (χ0) is 8.53. The second-order valence-corrected chi connectivity index (χ2v) is 3.12. The predicted molar refractivity (Wildman–Crippen MR) is 48.9 cm³/mol. The molecule has 68 valence electrons. The Labute approximate surface area is 70.5 Å². The molecule has 0 unspecified atom stereocenters. The van der Waals surface area contributed by atoms with Crippen LogP contribution in [-0.2, 0) is 4.74 Å². The van der Waals surface area contributed by atoms with E-state index in [4.69, 9.17) is 4.74 Å². The second-order valence-electron chi connectivity index (χ2n) is 3.12. The normalized spacial score (nSPS) is 10.9.